The average molecular weight is 370 g/mol. The van der Waals surface area contributed by atoms with E-state index in [0.29, 0.717) is 32.8 Å². The van der Waals surface area contributed by atoms with Crippen LogP contribution in [-0.4, -0.2) is 16.6 Å². The van der Waals surface area contributed by atoms with Gasteiger partial charge in [-0.25, -0.2) is 4.98 Å². The summed E-state index contributed by atoms with van der Waals surface area (Å²) in [6, 6.07) is 21.8. The van der Waals surface area contributed by atoms with Gasteiger partial charge in [-0.15, -0.1) is 0 Å². The molecule has 0 radical (unpaired) electrons. The fourth-order valence-electron chi connectivity index (χ4n) is 3.67. The van der Waals surface area contributed by atoms with Crippen LogP contribution < -0.4 is 0 Å². The highest BCUT2D eigenvalue weighted by Gasteiger charge is 2.34. The minimum atomic E-state index is -0.228. The van der Waals surface area contributed by atoms with Gasteiger partial charge in [0.05, 0.1) is 11.1 Å². The largest absolute Gasteiger partial charge is 0.288 e. The fraction of sp³-hybridized carbons (Fsp3) is 0. The third kappa shape index (κ3) is 2.32. The van der Waals surface area contributed by atoms with Crippen LogP contribution in [0.5, 0.6) is 0 Å². The number of rotatable bonds is 1. The second-order valence-corrected chi connectivity index (χ2v) is 6.88. The minimum absolute atomic E-state index is 0.187. The van der Waals surface area contributed by atoms with Gasteiger partial charge >= 0.3 is 0 Å². The summed E-state index contributed by atoms with van der Waals surface area (Å²) >= 11 is 6.23. The number of aromatic nitrogens is 1. The number of hydrogen-bond acceptors (Lipinski definition) is 3. The molecule has 4 aromatic rings. The maximum atomic E-state index is 13.4. The van der Waals surface area contributed by atoms with Crippen LogP contribution in [0.1, 0.15) is 32.0 Å². The van der Waals surface area contributed by atoms with Gasteiger partial charge in [0.15, 0.2) is 5.78 Å². The molecule has 27 heavy (non-hydrogen) atoms. The van der Waals surface area contributed by atoms with Crippen LogP contribution in [0.3, 0.4) is 0 Å². The molecule has 0 saturated heterocycles. The summed E-state index contributed by atoms with van der Waals surface area (Å²) in [5, 5.41) is 1.31. The molecule has 3 aromatic carbocycles. The predicted molar refractivity (Wildman–Crippen MR) is 105 cm³/mol. The van der Waals surface area contributed by atoms with Crippen molar-refractivity contribution in [3.8, 4) is 11.1 Å². The normalized spacial score (nSPS) is 12.8. The molecule has 4 heteroatoms. The van der Waals surface area contributed by atoms with Crippen molar-refractivity contribution in [3.63, 3.8) is 0 Å². The van der Waals surface area contributed by atoms with Crippen molar-refractivity contribution in [2.24, 2.45) is 0 Å². The van der Waals surface area contributed by atoms with E-state index in [9.17, 15) is 9.59 Å². The van der Waals surface area contributed by atoms with E-state index < -0.39 is 0 Å². The predicted octanol–water partition coefficient (Wildman–Crippen LogP) is 5.33. The second-order valence-electron chi connectivity index (χ2n) is 6.44. The Bertz CT molecular complexity index is 1260. The minimum Gasteiger partial charge on any atom is -0.288 e. The first-order chi connectivity index (χ1) is 13.1. The Morgan fingerprint density at radius 2 is 1.37 bits per heavy atom. The van der Waals surface area contributed by atoms with E-state index in [-0.39, 0.29) is 17.3 Å². The zero-order valence-electron chi connectivity index (χ0n) is 14.1. The molecule has 5 rings (SSSR count). The topological polar surface area (TPSA) is 47.0 Å². The number of carbonyl (C=O) groups is 2. The van der Waals surface area contributed by atoms with Crippen LogP contribution in [0.4, 0.5) is 0 Å². The van der Waals surface area contributed by atoms with Crippen LogP contribution in [0.15, 0.2) is 72.8 Å². The molecule has 1 heterocycles. The number of carbonyl (C=O) groups excluding carboxylic acids is 2. The van der Waals surface area contributed by atoms with Crippen molar-refractivity contribution < 1.29 is 9.59 Å². The van der Waals surface area contributed by atoms with Crippen molar-refractivity contribution >= 4 is 34.1 Å². The molecule has 0 bridgehead atoms. The first-order valence-electron chi connectivity index (χ1n) is 8.52. The fourth-order valence-corrected chi connectivity index (χ4v) is 3.84. The molecule has 0 amide bonds. The van der Waals surface area contributed by atoms with Gasteiger partial charge in [-0.2, -0.15) is 0 Å². The van der Waals surface area contributed by atoms with Crippen LogP contribution in [0.25, 0.3) is 22.0 Å². The summed E-state index contributed by atoms with van der Waals surface area (Å²) in [4.78, 5) is 31.0. The Morgan fingerprint density at radius 1 is 0.704 bits per heavy atom. The zero-order valence-corrected chi connectivity index (χ0v) is 14.8. The molecule has 0 atom stereocenters. The number of nitrogens with zero attached hydrogens (tertiary/aromatic N) is 1. The van der Waals surface area contributed by atoms with Gasteiger partial charge in [-0.3, -0.25) is 9.59 Å². The highest BCUT2D eigenvalue weighted by atomic mass is 35.5. The average Bonchev–Trinajstić information content (AvgIpc) is 2.71. The summed E-state index contributed by atoms with van der Waals surface area (Å²) in [6.45, 7) is 0. The van der Waals surface area contributed by atoms with E-state index in [1.807, 2.05) is 30.3 Å². The van der Waals surface area contributed by atoms with Gasteiger partial charge in [-0.05, 0) is 23.8 Å². The first-order valence-corrected chi connectivity index (χ1v) is 8.90. The molecule has 1 aliphatic carbocycles. The lowest BCUT2D eigenvalue weighted by atomic mass is 9.82. The lowest BCUT2D eigenvalue weighted by molar-refractivity contribution is 0.0976. The summed E-state index contributed by atoms with van der Waals surface area (Å²) in [5.41, 5.74) is 3.55. The number of benzene rings is 3. The van der Waals surface area contributed by atoms with Gasteiger partial charge in [-0.1, -0.05) is 66.2 Å². The van der Waals surface area contributed by atoms with E-state index >= 15 is 0 Å². The van der Waals surface area contributed by atoms with Crippen LogP contribution in [-0.2, 0) is 0 Å². The summed E-state index contributed by atoms with van der Waals surface area (Å²) in [5.74, 6) is -0.414. The summed E-state index contributed by atoms with van der Waals surface area (Å²) in [7, 11) is 0. The van der Waals surface area contributed by atoms with Crippen molar-refractivity contribution in [2.45, 2.75) is 0 Å². The Kier molecular flexibility index (Phi) is 3.46. The lowest BCUT2D eigenvalue weighted by Crippen LogP contribution is -2.23. The molecule has 1 aromatic heterocycles. The van der Waals surface area contributed by atoms with E-state index in [2.05, 4.69) is 4.98 Å². The third-order valence-corrected chi connectivity index (χ3v) is 5.10. The second kappa shape index (κ2) is 5.86. The quantitative estimate of drug-likeness (QED) is 0.401. The Balaban J connectivity index is 1.96. The number of ketones is 2. The lowest BCUT2D eigenvalue weighted by Gasteiger charge is -2.21. The smallest absolute Gasteiger partial charge is 0.212 e. The SMILES string of the molecule is O=C1c2ccccc2C(=O)c2c1nc1ccc(Cl)cc1c2-c1ccccc1. The van der Waals surface area contributed by atoms with Gasteiger partial charge in [0, 0.05) is 27.1 Å². The van der Waals surface area contributed by atoms with Crippen molar-refractivity contribution in [3.05, 3.63) is 100 Å². The highest BCUT2D eigenvalue weighted by molar-refractivity contribution is 6.33. The molecular formula is C23H12ClNO2. The maximum Gasteiger partial charge on any atom is 0.212 e. The standard InChI is InChI=1S/C23H12ClNO2/c24-14-10-11-18-17(12-14)19(13-6-2-1-3-7-13)20-21(25-18)23(27)16-9-5-4-8-15(16)22(20)26/h1-12H. The van der Waals surface area contributed by atoms with E-state index in [1.54, 1.807) is 42.5 Å². The number of halogens is 1. The molecule has 0 saturated carbocycles. The molecule has 0 N–H and O–H groups in total. The van der Waals surface area contributed by atoms with Crippen molar-refractivity contribution in [1.82, 2.24) is 4.98 Å². The van der Waals surface area contributed by atoms with Gasteiger partial charge in [0.2, 0.25) is 5.78 Å². The van der Waals surface area contributed by atoms with Crippen LogP contribution in [0, 0.1) is 0 Å². The number of fused-ring (bicyclic) bond motifs is 3. The van der Waals surface area contributed by atoms with Crippen molar-refractivity contribution in [2.75, 3.05) is 0 Å². The molecule has 0 aliphatic heterocycles. The molecule has 128 valence electrons. The maximum absolute atomic E-state index is 13.4. The molecule has 3 nitrogen and oxygen atoms in total. The molecule has 0 unspecified atom stereocenters. The van der Waals surface area contributed by atoms with E-state index in [4.69, 9.17) is 11.6 Å². The summed E-state index contributed by atoms with van der Waals surface area (Å²) in [6.07, 6.45) is 0. The molecule has 1 aliphatic rings. The first kappa shape index (κ1) is 15.9. The highest BCUT2D eigenvalue weighted by Crippen LogP contribution is 2.38. The summed E-state index contributed by atoms with van der Waals surface area (Å²) < 4.78 is 0. The number of pyridine rings is 1. The van der Waals surface area contributed by atoms with Gasteiger partial charge in [0.1, 0.15) is 5.69 Å². The molecule has 0 spiro atoms. The van der Waals surface area contributed by atoms with E-state index in [1.165, 1.54) is 0 Å². The van der Waals surface area contributed by atoms with Crippen molar-refractivity contribution in [1.29, 1.82) is 0 Å². The molecular weight excluding hydrogens is 358 g/mol. The monoisotopic (exact) mass is 369 g/mol. The zero-order chi connectivity index (χ0) is 18.5. The van der Waals surface area contributed by atoms with E-state index in [0.717, 1.165) is 10.9 Å². The Morgan fingerprint density at radius 3 is 2.11 bits per heavy atom. The molecule has 0 fully saturated rings. The van der Waals surface area contributed by atoms with Crippen LogP contribution >= 0.6 is 11.6 Å². The van der Waals surface area contributed by atoms with Gasteiger partial charge in [0.25, 0.3) is 0 Å². The van der Waals surface area contributed by atoms with Crippen LogP contribution in [0.2, 0.25) is 5.02 Å². The third-order valence-electron chi connectivity index (χ3n) is 4.87. The number of hydrogen-bond donors (Lipinski definition) is 0. The van der Waals surface area contributed by atoms with Gasteiger partial charge < -0.3 is 0 Å². The Hall–Kier alpha value is -3.30. The Labute approximate surface area is 160 Å².